The van der Waals surface area contributed by atoms with Crippen LogP contribution in [-0.2, 0) is 10.3 Å². The fraction of sp³-hybridized carbons (Fsp3) is 0.269. The summed E-state index contributed by atoms with van der Waals surface area (Å²) in [5, 5.41) is 2.84. The Morgan fingerprint density at radius 2 is 1.85 bits per heavy atom. The van der Waals surface area contributed by atoms with Crippen LogP contribution < -0.4 is 14.8 Å². The molecule has 1 N–H and O–H groups in total. The Morgan fingerprint density at radius 1 is 1.12 bits per heavy atom. The number of carbonyl (C=O) groups excluding carboxylic acids is 3. The van der Waals surface area contributed by atoms with Crippen molar-refractivity contribution in [3.63, 3.8) is 0 Å². The Labute approximate surface area is 197 Å². The largest absolute Gasteiger partial charge is 0.497 e. The molecule has 1 spiro atoms. The highest BCUT2D eigenvalue weighted by Crippen LogP contribution is 2.41. The van der Waals surface area contributed by atoms with Gasteiger partial charge in [0.15, 0.2) is 11.3 Å². The molecule has 8 heteroatoms. The number of nitrogens with zero attached hydrogens (tertiary/aromatic N) is 2. The quantitative estimate of drug-likeness (QED) is 0.466. The van der Waals surface area contributed by atoms with Crippen molar-refractivity contribution in [2.45, 2.75) is 25.8 Å². The van der Waals surface area contributed by atoms with Crippen molar-refractivity contribution in [3.8, 4) is 17.2 Å². The normalized spacial score (nSPS) is 19.1. The molecule has 2 aliphatic heterocycles. The van der Waals surface area contributed by atoms with E-state index in [0.29, 0.717) is 29.9 Å². The minimum atomic E-state index is -1.20. The molecule has 174 valence electrons. The molecule has 2 aromatic carbocycles. The summed E-state index contributed by atoms with van der Waals surface area (Å²) in [7, 11) is 1.61. The Bertz CT molecular complexity index is 1310. The highest BCUT2D eigenvalue weighted by Gasteiger charge is 2.55. The summed E-state index contributed by atoms with van der Waals surface area (Å²) < 4.78 is 12.9. The van der Waals surface area contributed by atoms with Gasteiger partial charge in [0, 0.05) is 34.6 Å². The number of aryl methyl sites for hydroxylation is 1. The zero-order valence-electron chi connectivity index (χ0n) is 19.3. The first-order valence-electron chi connectivity index (χ1n) is 11.1. The van der Waals surface area contributed by atoms with Gasteiger partial charge in [-0.15, -0.1) is 0 Å². The van der Waals surface area contributed by atoms with Crippen LogP contribution in [0, 0.1) is 13.8 Å². The predicted octanol–water partition coefficient (Wildman–Crippen LogP) is 3.52. The summed E-state index contributed by atoms with van der Waals surface area (Å²) in [4.78, 5) is 40.6. The first-order chi connectivity index (χ1) is 16.4. The Kier molecular flexibility index (Phi) is 5.16. The number of benzene rings is 2. The van der Waals surface area contributed by atoms with Gasteiger partial charge in [-0.2, -0.15) is 0 Å². The second-order valence-electron chi connectivity index (χ2n) is 8.56. The maximum absolute atomic E-state index is 13.5. The van der Waals surface area contributed by atoms with Crippen molar-refractivity contribution in [2.75, 3.05) is 20.3 Å². The second-order valence-corrected chi connectivity index (χ2v) is 8.56. The number of carbonyl (C=O) groups is 3. The molecule has 0 aliphatic carbocycles. The summed E-state index contributed by atoms with van der Waals surface area (Å²) in [6, 6.07) is 15.9. The monoisotopic (exact) mass is 459 g/mol. The molecule has 0 saturated carbocycles. The molecule has 3 amide bonds. The summed E-state index contributed by atoms with van der Waals surface area (Å²) in [6.07, 6.45) is 0.311. The molecular weight excluding hydrogens is 434 g/mol. The van der Waals surface area contributed by atoms with Crippen molar-refractivity contribution in [3.05, 3.63) is 77.1 Å². The van der Waals surface area contributed by atoms with E-state index >= 15 is 0 Å². The topological polar surface area (TPSA) is 89.9 Å². The van der Waals surface area contributed by atoms with Crippen LogP contribution in [0.2, 0.25) is 0 Å². The number of rotatable bonds is 5. The molecule has 0 bridgehead atoms. The highest BCUT2D eigenvalue weighted by atomic mass is 16.5. The third-order valence-electron chi connectivity index (χ3n) is 6.62. The number of imide groups is 1. The maximum atomic E-state index is 13.5. The van der Waals surface area contributed by atoms with Crippen LogP contribution in [0.1, 0.15) is 33.7 Å². The lowest BCUT2D eigenvalue weighted by atomic mass is 9.84. The fourth-order valence-corrected chi connectivity index (χ4v) is 4.92. The zero-order chi connectivity index (χ0) is 24.0. The Hall–Kier alpha value is -4.07. The van der Waals surface area contributed by atoms with Gasteiger partial charge < -0.3 is 19.4 Å². The number of ketones is 1. The van der Waals surface area contributed by atoms with Crippen molar-refractivity contribution in [1.82, 2.24) is 14.8 Å². The number of aromatic nitrogens is 1. The number of fused-ring (bicyclic) bond motifs is 2. The first-order valence-corrected chi connectivity index (χ1v) is 11.1. The summed E-state index contributed by atoms with van der Waals surface area (Å²) in [5.41, 5.74) is 2.40. The molecule has 0 radical (unpaired) electrons. The average molecular weight is 460 g/mol. The fourth-order valence-electron chi connectivity index (χ4n) is 4.92. The lowest BCUT2D eigenvalue weighted by molar-refractivity contribution is -0.132. The molecule has 1 unspecified atom stereocenters. The van der Waals surface area contributed by atoms with Gasteiger partial charge in [0.2, 0.25) is 0 Å². The van der Waals surface area contributed by atoms with E-state index in [0.717, 1.165) is 27.7 Å². The van der Waals surface area contributed by atoms with Gasteiger partial charge in [0.25, 0.3) is 5.91 Å². The molecule has 5 rings (SSSR count). The molecule has 34 heavy (non-hydrogen) atoms. The van der Waals surface area contributed by atoms with Crippen LogP contribution in [0.5, 0.6) is 11.5 Å². The van der Waals surface area contributed by atoms with Crippen molar-refractivity contribution >= 4 is 17.7 Å². The molecule has 1 atom stereocenters. The summed E-state index contributed by atoms with van der Waals surface area (Å²) in [5.74, 6) is 0.586. The molecule has 1 fully saturated rings. The Morgan fingerprint density at radius 3 is 2.59 bits per heavy atom. The van der Waals surface area contributed by atoms with E-state index in [1.807, 2.05) is 48.7 Å². The van der Waals surface area contributed by atoms with Gasteiger partial charge in [-0.1, -0.05) is 18.2 Å². The molecule has 1 saturated heterocycles. The van der Waals surface area contributed by atoms with Gasteiger partial charge >= 0.3 is 6.03 Å². The van der Waals surface area contributed by atoms with Crippen LogP contribution in [0.25, 0.3) is 5.69 Å². The number of para-hydroxylation sites is 1. The van der Waals surface area contributed by atoms with Gasteiger partial charge in [-0.25, -0.2) is 4.79 Å². The third-order valence-corrected chi connectivity index (χ3v) is 6.62. The Balaban J connectivity index is 1.42. The minimum absolute atomic E-state index is 0.297. The van der Waals surface area contributed by atoms with Crippen LogP contribution in [0.15, 0.2) is 54.6 Å². The molecular formula is C26H25N3O5. The summed E-state index contributed by atoms with van der Waals surface area (Å²) in [6.45, 7) is 3.73. The smallest absolute Gasteiger partial charge is 0.325 e. The van der Waals surface area contributed by atoms with Gasteiger partial charge in [-0.3, -0.25) is 14.5 Å². The van der Waals surface area contributed by atoms with Crippen LogP contribution in [-0.4, -0.2) is 47.4 Å². The standard InChI is InChI=1S/C26H25N3O5/c1-16-14-20(17(2)29(16)18-8-10-19(33-3)11-9-18)22(30)15-28-24(31)26(27-25(28)32)12-13-34-23-7-5-4-6-21(23)26/h4-11,14H,12-13,15H2,1-3H3,(H,27,32). The number of methoxy groups -OCH3 is 1. The van der Waals surface area contributed by atoms with E-state index in [1.165, 1.54) is 0 Å². The van der Waals surface area contributed by atoms with Gasteiger partial charge in [-0.05, 0) is 50.2 Å². The SMILES string of the molecule is COc1ccc(-n2c(C)cc(C(=O)CN3C(=O)NC4(CCOc5ccccc54)C3=O)c2C)cc1. The second kappa shape index (κ2) is 8.06. The van der Waals surface area contributed by atoms with Gasteiger partial charge in [0.05, 0.1) is 20.3 Å². The minimum Gasteiger partial charge on any atom is -0.497 e. The van der Waals surface area contributed by atoms with Crippen LogP contribution in [0.4, 0.5) is 4.79 Å². The van der Waals surface area contributed by atoms with Crippen LogP contribution in [0.3, 0.4) is 0 Å². The van der Waals surface area contributed by atoms with E-state index in [1.54, 1.807) is 31.4 Å². The van der Waals surface area contributed by atoms with E-state index in [4.69, 9.17) is 9.47 Å². The highest BCUT2D eigenvalue weighted by molar-refractivity contribution is 6.12. The summed E-state index contributed by atoms with van der Waals surface area (Å²) >= 11 is 0. The van der Waals surface area contributed by atoms with Crippen molar-refractivity contribution in [1.29, 1.82) is 0 Å². The van der Waals surface area contributed by atoms with Crippen molar-refractivity contribution < 1.29 is 23.9 Å². The molecule has 2 aliphatic rings. The molecule has 1 aromatic heterocycles. The van der Waals surface area contributed by atoms with E-state index in [-0.39, 0.29) is 12.3 Å². The number of Topliss-reactive ketones (excluding diaryl/α,β-unsaturated/α-hetero) is 1. The van der Waals surface area contributed by atoms with Gasteiger partial charge in [0.1, 0.15) is 11.5 Å². The zero-order valence-corrected chi connectivity index (χ0v) is 19.3. The maximum Gasteiger partial charge on any atom is 0.325 e. The lowest BCUT2D eigenvalue weighted by Gasteiger charge is -2.33. The van der Waals surface area contributed by atoms with E-state index in [9.17, 15) is 14.4 Å². The average Bonchev–Trinajstić information content (AvgIpc) is 3.27. The number of ether oxygens (including phenoxy) is 2. The third kappa shape index (κ3) is 3.25. The molecule has 3 heterocycles. The van der Waals surface area contributed by atoms with Crippen LogP contribution >= 0.6 is 0 Å². The van der Waals surface area contributed by atoms with E-state index < -0.39 is 17.5 Å². The predicted molar refractivity (Wildman–Crippen MR) is 125 cm³/mol. The number of nitrogens with one attached hydrogen (secondary N) is 1. The molecule has 8 nitrogen and oxygen atoms in total. The number of hydrogen-bond acceptors (Lipinski definition) is 5. The molecule has 3 aromatic rings. The number of hydrogen-bond donors (Lipinski definition) is 1. The lowest BCUT2D eigenvalue weighted by Crippen LogP contribution is -2.47. The first kappa shape index (κ1) is 21.8. The number of urea groups is 1. The van der Waals surface area contributed by atoms with E-state index in [2.05, 4.69) is 5.32 Å². The number of amides is 3. The van der Waals surface area contributed by atoms with Crippen molar-refractivity contribution in [2.24, 2.45) is 0 Å².